The van der Waals surface area contributed by atoms with Gasteiger partial charge in [-0.2, -0.15) is 13.2 Å². The van der Waals surface area contributed by atoms with Crippen LogP contribution >= 0.6 is 0 Å². The molecular formula is C22H17F4N3O4. The molecule has 4 amide bonds. The van der Waals surface area contributed by atoms with Crippen LogP contribution in [0, 0.1) is 5.82 Å². The highest BCUT2D eigenvalue weighted by molar-refractivity contribution is 6.06. The second-order valence-electron chi connectivity index (χ2n) is 7.77. The van der Waals surface area contributed by atoms with Crippen molar-refractivity contribution in [3.63, 3.8) is 0 Å². The quantitative estimate of drug-likeness (QED) is 0.538. The van der Waals surface area contributed by atoms with Gasteiger partial charge in [0, 0.05) is 24.1 Å². The molecule has 33 heavy (non-hydrogen) atoms. The van der Waals surface area contributed by atoms with Crippen molar-refractivity contribution >= 4 is 23.6 Å². The summed E-state index contributed by atoms with van der Waals surface area (Å²) in [5.41, 5.74) is -0.00559. The maximum absolute atomic E-state index is 13.6. The minimum absolute atomic E-state index is 0.0336. The van der Waals surface area contributed by atoms with Crippen LogP contribution in [-0.2, 0) is 16.1 Å². The fourth-order valence-corrected chi connectivity index (χ4v) is 3.97. The molecule has 0 aromatic heterocycles. The molecule has 2 aromatic carbocycles. The predicted molar refractivity (Wildman–Crippen MR) is 105 cm³/mol. The average Bonchev–Trinajstić information content (AvgIpc) is 3.06. The number of imide groups is 1. The topological polar surface area (TPSA) is 95.6 Å². The number of halogens is 4. The second-order valence-corrected chi connectivity index (χ2v) is 7.77. The first-order chi connectivity index (χ1) is 15.5. The fraction of sp³-hybridized carbons (Fsp3) is 0.273. The van der Waals surface area contributed by atoms with E-state index in [0.29, 0.717) is 11.6 Å². The fourth-order valence-electron chi connectivity index (χ4n) is 3.97. The van der Waals surface area contributed by atoms with Gasteiger partial charge in [-0.05, 0) is 47.9 Å². The van der Waals surface area contributed by atoms with Crippen molar-refractivity contribution in [3.05, 3.63) is 70.5 Å². The molecule has 2 atom stereocenters. The van der Waals surface area contributed by atoms with E-state index in [-0.39, 0.29) is 30.5 Å². The maximum Gasteiger partial charge on any atom is 0.412 e. The Hall–Kier alpha value is -3.76. The molecule has 0 bridgehead atoms. The Morgan fingerprint density at radius 2 is 1.88 bits per heavy atom. The normalized spacial score (nSPS) is 19.2. The summed E-state index contributed by atoms with van der Waals surface area (Å²) in [4.78, 5) is 50.0. The second kappa shape index (κ2) is 8.30. The van der Waals surface area contributed by atoms with E-state index in [2.05, 4.69) is 5.32 Å². The summed E-state index contributed by atoms with van der Waals surface area (Å²) in [5, 5.41) is 4.04. The molecule has 0 aliphatic carbocycles. The van der Waals surface area contributed by atoms with Crippen molar-refractivity contribution in [3.8, 4) is 0 Å². The van der Waals surface area contributed by atoms with Crippen LogP contribution in [-0.4, -0.2) is 40.7 Å². The molecule has 7 nitrogen and oxygen atoms in total. The van der Waals surface area contributed by atoms with Gasteiger partial charge in [0.2, 0.25) is 11.8 Å². The highest BCUT2D eigenvalue weighted by atomic mass is 19.4. The zero-order valence-corrected chi connectivity index (χ0v) is 16.9. The molecule has 1 fully saturated rings. The Bertz CT molecular complexity index is 1160. The maximum atomic E-state index is 13.6. The number of amides is 4. The molecule has 0 spiro atoms. The van der Waals surface area contributed by atoms with Crippen LogP contribution in [0.2, 0.25) is 0 Å². The first-order valence-corrected chi connectivity index (χ1v) is 9.95. The zero-order chi connectivity index (χ0) is 23.9. The van der Waals surface area contributed by atoms with Gasteiger partial charge in [-0.15, -0.1) is 0 Å². The SMILES string of the molecule is O=C1CCC(N2Cc3cc(C(=O)NC(c4cccc(F)c4)C(F)(F)F)ccc3C2=O)C(=O)N1. The van der Waals surface area contributed by atoms with Crippen LogP contribution in [0.1, 0.15) is 50.7 Å². The highest BCUT2D eigenvalue weighted by Gasteiger charge is 2.43. The third kappa shape index (κ3) is 4.43. The molecule has 0 radical (unpaired) electrons. The lowest BCUT2D eigenvalue weighted by atomic mass is 10.0. The molecule has 2 unspecified atom stereocenters. The Labute approximate surface area is 184 Å². The Morgan fingerprint density at radius 3 is 2.55 bits per heavy atom. The number of nitrogens with zero attached hydrogens (tertiary/aromatic N) is 1. The number of fused-ring (bicyclic) bond motifs is 1. The predicted octanol–water partition coefficient (Wildman–Crippen LogP) is 2.62. The van der Waals surface area contributed by atoms with E-state index in [4.69, 9.17) is 0 Å². The highest BCUT2D eigenvalue weighted by Crippen LogP contribution is 2.34. The van der Waals surface area contributed by atoms with Crippen molar-refractivity contribution in [2.45, 2.75) is 37.6 Å². The van der Waals surface area contributed by atoms with E-state index in [0.717, 1.165) is 18.2 Å². The number of benzene rings is 2. The van der Waals surface area contributed by atoms with Crippen molar-refractivity contribution in [1.82, 2.24) is 15.5 Å². The van der Waals surface area contributed by atoms with E-state index in [1.807, 2.05) is 5.32 Å². The van der Waals surface area contributed by atoms with E-state index < -0.39 is 53.3 Å². The van der Waals surface area contributed by atoms with Crippen LogP contribution < -0.4 is 10.6 Å². The van der Waals surface area contributed by atoms with Gasteiger partial charge in [0.15, 0.2) is 6.04 Å². The average molecular weight is 463 g/mol. The molecule has 2 aliphatic heterocycles. The number of rotatable bonds is 4. The molecule has 172 valence electrons. The molecule has 2 aromatic rings. The molecule has 2 aliphatic rings. The first-order valence-electron chi connectivity index (χ1n) is 9.95. The van der Waals surface area contributed by atoms with E-state index in [1.165, 1.54) is 23.1 Å². The number of carbonyl (C=O) groups is 4. The summed E-state index contributed by atoms with van der Waals surface area (Å²) in [6.45, 7) is -0.0336. The van der Waals surface area contributed by atoms with Gasteiger partial charge in [-0.3, -0.25) is 24.5 Å². The lowest BCUT2D eigenvalue weighted by Crippen LogP contribution is -2.52. The van der Waals surface area contributed by atoms with E-state index >= 15 is 0 Å². The summed E-state index contributed by atoms with van der Waals surface area (Å²) in [5.74, 6) is -3.44. The van der Waals surface area contributed by atoms with E-state index in [1.54, 1.807) is 0 Å². The molecular weight excluding hydrogens is 446 g/mol. The Kier molecular flexibility index (Phi) is 5.64. The van der Waals surface area contributed by atoms with Gasteiger partial charge < -0.3 is 10.2 Å². The first kappa shape index (κ1) is 22.4. The third-order valence-corrected chi connectivity index (χ3v) is 5.57. The lowest BCUT2D eigenvalue weighted by molar-refractivity contribution is -0.155. The summed E-state index contributed by atoms with van der Waals surface area (Å²) in [7, 11) is 0. The lowest BCUT2D eigenvalue weighted by Gasteiger charge is -2.29. The van der Waals surface area contributed by atoms with Crippen molar-refractivity contribution < 1.29 is 36.7 Å². The number of hydrogen-bond acceptors (Lipinski definition) is 4. The molecule has 11 heteroatoms. The molecule has 1 saturated heterocycles. The van der Waals surface area contributed by atoms with Crippen LogP contribution in [0.25, 0.3) is 0 Å². The minimum atomic E-state index is -4.88. The summed E-state index contributed by atoms with van der Waals surface area (Å²) >= 11 is 0. The van der Waals surface area contributed by atoms with Gasteiger partial charge in [0.1, 0.15) is 11.9 Å². The number of hydrogen-bond donors (Lipinski definition) is 2. The Morgan fingerprint density at radius 1 is 1.12 bits per heavy atom. The molecule has 2 heterocycles. The van der Waals surface area contributed by atoms with Crippen LogP contribution in [0.4, 0.5) is 17.6 Å². The van der Waals surface area contributed by atoms with Crippen LogP contribution in [0.15, 0.2) is 42.5 Å². The zero-order valence-electron chi connectivity index (χ0n) is 16.9. The van der Waals surface area contributed by atoms with Crippen LogP contribution in [0.3, 0.4) is 0 Å². The number of nitrogens with one attached hydrogen (secondary N) is 2. The van der Waals surface area contributed by atoms with Gasteiger partial charge in [0.05, 0.1) is 0 Å². The smallest absolute Gasteiger partial charge is 0.337 e. The molecule has 4 rings (SSSR count). The minimum Gasteiger partial charge on any atom is -0.337 e. The van der Waals surface area contributed by atoms with Gasteiger partial charge in [0.25, 0.3) is 11.8 Å². The van der Waals surface area contributed by atoms with Crippen molar-refractivity contribution in [2.75, 3.05) is 0 Å². The monoisotopic (exact) mass is 463 g/mol. The number of carbonyl (C=O) groups excluding carboxylic acids is 4. The number of piperidine rings is 1. The van der Waals surface area contributed by atoms with Crippen molar-refractivity contribution in [1.29, 1.82) is 0 Å². The number of alkyl halides is 3. The third-order valence-electron chi connectivity index (χ3n) is 5.57. The Balaban J connectivity index is 1.55. The largest absolute Gasteiger partial charge is 0.412 e. The van der Waals surface area contributed by atoms with E-state index in [9.17, 15) is 36.7 Å². The summed E-state index contributed by atoms with van der Waals surface area (Å²) in [6.07, 6.45) is -4.65. The standard InChI is InChI=1S/C22H17F4N3O4/c23-14-3-1-2-11(9-14)18(22(24,25)26)28-19(31)12-4-5-15-13(8-12)10-29(21(15)33)16-6-7-17(30)27-20(16)32/h1-5,8-9,16,18H,6-7,10H2,(H,28,31)(H,27,30,32). The van der Waals surface area contributed by atoms with Gasteiger partial charge in [-0.25, -0.2) is 4.39 Å². The van der Waals surface area contributed by atoms with Gasteiger partial charge >= 0.3 is 6.18 Å². The van der Waals surface area contributed by atoms with Gasteiger partial charge in [-0.1, -0.05) is 12.1 Å². The summed E-state index contributed by atoms with van der Waals surface area (Å²) in [6, 6.07) is 4.36. The van der Waals surface area contributed by atoms with Crippen molar-refractivity contribution in [2.24, 2.45) is 0 Å². The summed E-state index contributed by atoms with van der Waals surface area (Å²) < 4.78 is 54.1. The van der Waals surface area contributed by atoms with Crippen LogP contribution in [0.5, 0.6) is 0 Å². The molecule has 0 saturated carbocycles. The molecule has 2 N–H and O–H groups in total.